The molecule has 0 saturated carbocycles. The van der Waals surface area contributed by atoms with Gasteiger partial charge in [-0.1, -0.05) is 0 Å². The van der Waals surface area contributed by atoms with E-state index in [0.29, 0.717) is 6.54 Å². The highest BCUT2D eigenvalue weighted by molar-refractivity contribution is 5.64. The Balaban J connectivity index is 1.93. The van der Waals surface area contributed by atoms with E-state index in [2.05, 4.69) is 10.2 Å². The molecule has 1 fully saturated rings. The number of anilines is 1. The van der Waals surface area contributed by atoms with Gasteiger partial charge >= 0.3 is 6.09 Å². The number of carbonyl (C=O) groups is 1. The molecule has 1 aliphatic heterocycles. The lowest BCUT2D eigenvalue weighted by atomic mass is 10.1. The summed E-state index contributed by atoms with van der Waals surface area (Å²) in [5.74, 6) is 0.284. The van der Waals surface area contributed by atoms with Gasteiger partial charge in [0.25, 0.3) is 5.69 Å². The molecule has 1 saturated heterocycles. The third kappa shape index (κ3) is 3.34. The number of nitro groups is 1. The zero-order chi connectivity index (χ0) is 13.8. The van der Waals surface area contributed by atoms with Crippen LogP contribution < -0.4 is 10.2 Å². The standard InChI is InChI=1S/C12H15N3O4/c16-12(17)13-7-9-5-6-14(8-9)10-1-3-11(4-2-10)15(18)19/h1-4,9,13H,5-8H2,(H,16,17)/t9-/m1/s1. The monoisotopic (exact) mass is 265 g/mol. The van der Waals surface area contributed by atoms with Gasteiger partial charge in [-0.2, -0.15) is 0 Å². The minimum Gasteiger partial charge on any atom is -0.465 e. The van der Waals surface area contributed by atoms with Crippen molar-refractivity contribution in [2.24, 2.45) is 5.92 Å². The molecule has 0 bridgehead atoms. The van der Waals surface area contributed by atoms with Crippen molar-refractivity contribution in [3.05, 3.63) is 34.4 Å². The number of nitrogens with zero attached hydrogens (tertiary/aromatic N) is 2. The Morgan fingerprint density at radius 3 is 2.74 bits per heavy atom. The lowest BCUT2D eigenvalue weighted by Crippen LogP contribution is -2.29. The van der Waals surface area contributed by atoms with Crippen LogP contribution in [0.25, 0.3) is 0 Å². The molecule has 19 heavy (non-hydrogen) atoms. The van der Waals surface area contributed by atoms with E-state index < -0.39 is 11.0 Å². The van der Waals surface area contributed by atoms with Crippen molar-refractivity contribution in [3.63, 3.8) is 0 Å². The third-order valence-corrected chi connectivity index (χ3v) is 3.25. The van der Waals surface area contributed by atoms with E-state index in [1.165, 1.54) is 12.1 Å². The number of rotatable bonds is 4. The molecule has 2 N–H and O–H groups in total. The van der Waals surface area contributed by atoms with Crippen LogP contribution in [0.2, 0.25) is 0 Å². The largest absolute Gasteiger partial charge is 0.465 e. The number of amides is 1. The molecule has 102 valence electrons. The second-order valence-electron chi connectivity index (χ2n) is 4.56. The van der Waals surface area contributed by atoms with Crippen molar-refractivity contribution in [1.82, 2.24) is 5.32 Å². The van der Waals surface area contributed by atoms with E-state index in [1.54, 1.807) is 12.1 Å². The van der Waals surface area contributed by atoms with Gasteiger partial charge in [0.2, 0.25) is 0 Å². The number of hydrogen-bond acceptors (Lipinski definition) is 4. The minimum absolute atomic E-state index is 0.0760. The maximum Gasteiger partial charge on any atom is 0.404 e. The Bertz CT molecular complexity index is 474. The second kappa shape index (κ2) is 5.55. The highest BCUT2D eigenvalue weighted by atomic mass is 16.6. The molecule has 1 heterocycles. The molecule has 0 spiro atoms. The van der Waals surface area contributed by atoms with E-state index in [4.69, 9.17) is 5.11 Å². The van der Waals surface area contributed by atoms with Crippen LogP contribution >= 0.6 is 0 Å². The van der Waals surface area contributed by atoms with E-state index in [0.717, 1.165) is 25.2 Å². The fraction of sp³-hybridized carbons (Fsp3) is 0.417. The highest BCUT2D eigenvalue weighted by Gasteiger charge is 2.23. The number of nitro benzene ring substituents is 1. The lowest BCUT2D eigenvalue weighted by molar-refractivity contribution is -0.384. The minimum atomic E-state index is -1.01. The van der Waals surface area contributed by atoms with Crippen molar-refractivity contribution in [3.8, 4) is 0 Å². The van der Waals surface area contributed by atoms with Crippen LogP contribution in [0.5, 0.6) is 0 Å². The predicted octanol–water partition coefficient (Wildman–Crippen LogP) is 1.69. The van der Waals surface area contributed by atoms with Crippen molar-refractivity contribution in [2.75, 3.05) is 24.5 Å². The Morgan fingerprint density at radius 2 is 2.16 bits per heavy atom. The Kier molecular flexibility index (Phi) is 3.84. The zero-order valence-electron chi connectivity index (χ0n) is 10.3. The fourth-order valence-electron chi connectivity index (χ4n) is 2.25. The average molecular weight is 265 g/mol. The molecule has 7 heteroatoms. The molecule has 0 aliphatic carbocycles. The Hall–Kier alpha value is -2.31. The molecule has 1 atom stereocenters. The van der Waals surface area contributed by atoms with E-state index in [9.17, 15) is 14.9 Å². The van der Waals surface area contributed by atoms with Gasteiger partial charge in [-0.25, -0.2) is 4.79 Å². The number of non-ortho nitro benzene ring substituents is 1. The molecule has 0 aromatic heterocycles. The molecule has 1 aromatic rings. The summed E-state index contributed by atoms with van der Waals surface area (Å²) >= 11 is 0. The van der Waals surface area contributed by atoms with Gasteiger partial charge in [0.15, 0.2) is 0 Å². The summed E-state index contributed by atoms with van der Waals surface area (Å²) in [6.45, 7) is 2.04. The van der Waals surface area contributed by atoms with E-state index >= 15 is 0 Å². The molecule has 1 aromatic carbocycles. The smallest absolute Gasteiger partial charge is 0.404 e. The van der Waals surface area contributed by atoms with Crippen molar-refractivity contribution in [1.29, 1.82) is 0 Å². The van der Waals surface area contributed by atoms with Crippen LogP contribution in [0.3, 0.4) is 0 Å². The SMILES string of the molecule is O=C(O)NC[C@H]1CCN(c2ccc([N+](=O)[O-])cc2)C1. The molecule has 0 radical (unpaired) electrons. The summed E-state index contributed by atoms with van der Waals surface area (Å²) < 4.78 is 0. The first-order valence-corrected chi connectivity index (χ1v) is 6.02. The van der Waals surface area contributed by atoms with E-state index in [-0.39, 0.29) is 11.6 Å². The first-order chi connectivity index (χ1) is 9.06. The van der Waals surface area contributed by atoms with Gasteiger partial charge < -0.3 is 15.3 Å². The summed E-state index contributed by atoms with van der Waals surface area (Å²) in [5.41, 5.74) is 1.01. The number of nitrogens with one attached hydrogen (secondary N) is 1. The molecule has 7 nitrogen and oxygen atoms in total. The van der Waals surface area contributed by atoms with Gasteiger partial charge in [-0.05, 0) is 24.5 Å². The van der Waals surface area contributed by atoms with Gasteiger partial charge in [0, 0.05) is 37.5 Å². The summed E-state index contributed by atoms with van der Waals surface area (Å²) in [5, 5.41) is 21.5. The average Bonchev–Trinajstić information content (AvgIpc) is 2.85. The molecule has 0 unspecified atom stereocenters. The number of hydrogen-bond donors (Lipinski definition) is 2. The summed E-state index contributed by atoms with van der Waals surface area (Å²) in [4.78, 5) is 22.7. The summed E-state index contributed by atoms with van der Waals surface area (Å²) in [6.07, 6.45) is -0.0918. The van der Waals surface area contributed by atoms with Gasteiger partial charge in [-0.3, -0.25) is 10.1 Å². The van der Waals surface area contributed by atoms with Gasteiger partial charge in [0.1, 0.15) is 0 Å². The normalized spacial score (nSPS) is 18.3. The van der Waals surface area contributed by atoms with Gasteiger partial charge in [-0.15, -0.1) is 0 Å². The lowest BCUT2D eigenvalue weighted by Gasteiger charge is -2.18. The predicted molar refractivity (Wildman–Crippen MR) is 69.4 cm³/mol. The molecular formula is C12H15N3O4. The summed E-state index contributed by atoms with van der Waals surface area (Å²) in [6, 6.07) is 6.42. The van der Waals surface area contributed by atoms with Crippen LogP contribution in [0.15, 0.2) is 24.3 Å². The highest BCUT2D eigenvalue weighted by Crippen LogP contribution is 2.25. The molecular weight excluding hydrogens is 250 g/mol. The maximum absolute atomic E-state index is 10.6. The molecule has 1 aliphatic rings. The topological polar surface area (TPSA) is 95.7 Å². The van der Waals surface area contributed by atoms with Gasteiger partial charge in [0.05, 0.1) is 4.92 Å². The zero-order valence-corrected chi connectivity index (χ0v) is 10.3. The van der Waals surface area contributed by atoms with Crippen molar-refractivity contribution < 1.29 is 14.8 Å². The molecule has 2 rings (SSSR count). The quantitative estimate of drug-likeness (QED) is 0.638. The number of carboxylic acid groups (broad SMARTS) is 1. The second-order valence-corrected chi connectivity index (χ2v) is 4.56. The summed E-state index contributed by atoms with van der Waals surface area (Å²) in [7, 11) is 0. The number of benzene rings is 1. The van der Waals surface area contributed by atoms with Crippen LogP contribution in [0.4, 0.5) is 16.2 Å². The first-order valence-electron chi connectivity index (χ1n) is 6.02. The van der Waals surface area contributed by atoms with Crippen LogP contribution in [-0.2, 0) is 0 Å². The Morgan fingerprint density at radius 1 is 1.47 bits per heavy atom. The van der Waals surface area contributed by atoms with Crippen molar-refractivity contribution >= 4 is 17.5 Å². The molecule has 1 amide bonds. The maximum atomic E-state index is 10.6. The van der Waals surface area contributed by atoms with Crippen LogP contribution in [-0.4, -0.2) is 35.8 Å². The van der Waals surface area contributed by atoms with Crippen LogP contribution in [0.1, 0.15) is 6.42 Å². The van der Waals surface area contributed by atoms with E-state index in [1.807, 2.05) is 0 Å². The van der Waals surface area contributed by atoms with Crippen LogP contribution in [0, 0.1) is 16.0 Å². The third-order valence-electron chi connectivity index (χ3n) is 3.25. The first kappa shape index (κ1) is 13.1. The van der Waals surface area contributed by atoms with Crippen molar-refractivity contribution in [2.45, 2.75) is 6.42 Å². The fourth-order valence-corrected chi connectivity index (χ4v) is 2.25. The Labute approximate surface area is 110 Å².